The molecule has 0 radical (unpaired) electrons. The van der Waals surface area contributed by atoms with Crippen molar-refractivity contribution >= 4 is 17.3 Å². The number of nitriles is 1. The maximum Gasteiger partial charge on any atom is 0.209 e. The minimum absolute atomic E-state index is 0.364. The van der Waals surface area contributed by atoms with Crippen LogP contribution in [0.15, 0.2) is 41.4 Å². The fourth-order valence-corrected chi connectivity index (χ4v) is 1.34. The molecule has 0 saturated heterocycles. The summed E-state index contributed by atoms with van der Waals surface area (Å²) >= 11 is 0. The molecule has 23 heavy (non-hydrogen) atoms. The van der Waals surface area contributed by atoms with Crippen LogP contribution in [0.3, 0.4) is 0 Å². The summed E-state index contributed by atoms with van der Waals surface area (Å²) in [6.07, 6.45) is 1.38. The van der Waals surface area contributed by atoms with Crippen LogP contribution in [-0.4, -0.2) is 5.96 Å². The molecule has 120 valence electrons. The molecule has 0 unspecified atom stereocenters. The van der Waals surface area contributed by atoms with Gasteiger partial charge in [0.2, 0.25) is 12.2 Å². The van der Waals surface area contributed by atoms with Gasteiger partial charge in [0, 0.05) is 0 Å². The van der Waals surface area contributed by atoms with Crippen molar-refractivity contribution in [3.8, 4) is 6.19 Å². The first kappa shape index (κ1) is 17.8. The smallest absolute Gasteiger partial charge is 0.209 e. The first-order valence-corrected chi connectivity index (χ1v) is 5.99. The summed E-state index contributed by atoms with van der Waals surface area (Å²) in [4.78, 5) is 3.06. The minimum atomic E-state index is -0.805. The molecule has 2 aromatic rings. The number of hydrogen-bond donors (Lipinski definition) is 3. The standard InChI is InChI=1S/C8H6F2N4.C6H5F2N/c9-5-2-1-3-6(10)7(5)14-8(12)13-4-11;7-4-2-1-3-5(8)6(4)9/h1-3H,(H3,12,13,14);1-3H,9H2. The molecule has 0 bridgehead atoms. The van der Waals surface area contributed by atoms with Gasteiger partial charge in [-0.1, -0.05) is 12.1 Å². The average molecular weight is 325 g/mol. The molecule has 0 heterocycles. The molecule has 0 spiro atoms. The minimum Gasteiger partial charge on any atom is -0.394 e. The molecule has 0 saturated carbocycles. The molecule has 9 heteroatoms. The Hall–Kier alpha value is -3.28. The van der Waals surface area contributed by atoms with Gasteiger partial charge in [0.1, 0.15) is 34.6 Å². The van der Waals surface area contributed by atoms with Crippen molar-refractivity contribution in [3.05, 3.63) is 59.7 Å². The highest BCUT2D eigenvalue weighted by atomic mass is 19.1. The van der Waals surface area contributed by atoms with E-state index in [1.165, 1.54) is 18.3 Å². The summed E-state index contributed by atoms with van der Waals surface area (Å²) in [7, 11) is 0. The number of halogens is 4. The van der Waals surface area contributed by atoms with E-state index in [1.54, 1.807) is 0 Å². The fourth-order valence-electron chi connectivity index (χ4n) is 1.34. The highest BCUT2D eigenvalue weighted by Crippen LogP contribution is 2.17. The van der Waals surface area contributed by atoms with Gasteiger partial charge in [-0.3, -0.25) is 0 Å². The third-order valence-corrected chi connectivity index (χ3v) is 2.39. The van der Waals surface area contributed by atoms with Gasteiger partial charge in [-0.25, -0.2) is 17.6 Å². The summed E-state index contributed by atoms with van der Waals surface area (Å²) in [6, 6.07) is 6.82. The lowest BCUT2D eigenvalue weighted by Gasteiger charge is -2.05. The molecule has 0 amide bonds. The fraction of sp³-hybridized carbons (Fsp3) is 0. The van der Waals surface area contributed by atoms with E-state index in [0.29, 0.717) is 0 Å². The monoisotopic (exact) mass is 325 g/mol. The van der Waals surface area contributed by atoms with E-state index in [1.807, 2.05) is 0 Å². The number of nitrogens with zero attached hydrogens (tertiary/aromatic N) is 2. The number of para-hydroxylation sites is 2. The molecule has 0 aliphatic rings. The molecule has 5 nitrogen and oxygen atoms in total. The second kappa shape index (κ2) is 8.23. The summed E-state index contributed by atoms with van der Waals surface area (Å²) in [5, 5.41) is 10.2. The van der Waals surface area contributed by atoms with Crippen molar-refractivity contribution in [1.82, 2.24) is 0 Å². The number of rotatable bonds is 1. The number of aliphatic imine (C=N–C) groups is 1. The molecule has 0 atom stereocenters. The number of nitrogen functional groups attached to an aromatic ring is 1. The molecule has 2 aromatic carbocycles. The lowest BCUT2D eigenvalue weighted by molar-refractivity contribution is 0.590. The third-order valence-electron chi connectivity index (χ3n) is 2.39. The molecule has 0 aromatic heterocycles. The zero-order valence-corrected chi connectivity index (χ0v) is 11.5. The van der Waals surface area contributed by atoms with Gasteiger partial charge in [-0.05, 0) is 24.3 Å². The molecule has 0 aliphatic carbocycles. The second-order valence-corrected chi connectivity index (χ2v) is 3.95. The SMILES string of the molecule is N#C/N=C(/N)Nc1c(F)cccc1F.Nc1c(F)cccc1F. The Balaban J connectivity index is 0.000000253. The maximum atomic E-state index is 13.0. The number of nitrogens with two attached hydrogens (primary N) is 2. The summed E-state index contributed by atoms with van der Waals surface area (Å²) in [6.45, 7) is 0. The van der Waals surface area contributed by atoms with Gasteiger partial charge < -0.3 is 16.8 Å². The van der Waals surface area contributed by atoms with E-state index in [2.05, 4.69) is 10.3 Å². The van der Waals surface area contributed by atoms with Crippen LogP contribution in [0.1, 0.15) is 0 Å². The van der Waals surface area contributed by atoms with E-state index in [4.69, 9.17) is 16.7 Å². The highest BCUT2D eigenvalue weighted by molar-refractivity contribution is 5.93. The zero-order chi connectivity index (χ0) is 17.4. The Labute approximate surface area is 128 Å². The maximum absolute atomic E-state index is 13.0. The quantitative estimate of drug-likeness (QED) is 0.247. The molecule has 0 fully saturated rings. The van der Waals surface area contributed by atoms with Crippen LogP contribution < -0.4 is 16.8 Å². The number of anilines is 2. The van der Waals surface area contributed by atoms with Crippen LogP contribution in [0.2, 0.25) is 0 Å². The molecule has 5 N–H and O–H groups in total. The lowest BCUT2D eigenvalue weighted by Crippen LogP contribution is -2.23. The zero-order valence-electron chi connectivity index (χ0n) is 11.5. The van der Waals surface area contributed by atoms with Crippen LogP contribution in [0.25, 0.3) is 0 Å². The number of benzene rings is 2. The molecular formula is C14H11F4N5. The van der Waals surface area contributed by atoms with Crippen LogP contribution in [0, 0.1) is 34.7 Å². The molecular weight excluding hydrogens is 314 g/mol. The van der Waals surface area contributed by atoms with Crippen molar-refractivity contribution in [2.45, 2.75) is 0 Å². The average Bonchev–Trinajstić information content (AvgIpc) is 2.50. The Bertz CT molecular complexity index is 715. The Morgan fingerprint density at radius 2 is 1.39 bits per heavy atom. The third kappa shape index (κ3) is 5.20. The van der Waals surface area contributed by atoms with E-state index in [9.17, 15) is 17.6 Å². The number of guanidine groups is 1. The normalized spacial score (nSPS) is 10.3. The van der Waals surface area contributed by atoms with Crippen molar-refractivity contribution < 1.29 is 17.6 Å². The first-order chi connectivity index (χ1) is 10.9. The van der Waals surface area contributed by atoms with Gasteiger partial charge in [0.25, 0.3) is 0 Å². The summed E-state index contributed by atoms with van der Waals surface area (Å²) in [5.74, 6) is -3.40. The van der Waals surface area contributed by atoms with Crippen LogP contribution in [-0.2, 0) is 0 Å². The largest absolute Gasteiger partial charge is 0.394 e. The van der Waals surface area contributed by atoms with Crippen molar-refractivity contribution in [1.29, 1.82) is 5.26 Å². The Kier molecular flexibility index (Phi) is 6.36. The van der Waals surface area contributed by atoms with Crippen molar-refractivity contribution in [2.75, 3.05) is 11.1 Å². The van der Waals surface area contributed by atoms with Gasteiger partial charge in [0.05, 0.1) is 0 Å². The van der Waals surface area contributed by atoms with Gasteiger partial charge in [-0.2, -0.15) is 5.26 Å². The van der Waals surface area contributed by atoms with Gasteiger partial charge in [0.15, 0.2) is 0 Å². The van der Waals surface area contributed by atoms with Crippen LogP contribution in [0.4, 0.5) is 28.9 Å². The van der Waals surface area contributed by atoms with Crippen LogP contribution in [0.5, 0.6) is 0 Å². The topological polar surface area (TPSA) is 100 Å². The Morgan fingerprint density at radius 1 is 0.957 bits per heavy atom. The second-order valence-electron chi connectivity index (χ2n) is 3.95. The van der Waals surface area contributed by atoms with Gasteiger partial charge in [-0.15, -0.1) is 4.99 Å². The summed E-state index contributed by atoms with van der Waals surface area (Å²) in [5.41, 5.74) is 9.22. The predicted octanol–water partition coefficient (Wildman–Crippen LogP) is 2.72. The van der Waals surface area contributed by atoms with E-state index < -0.39 is 34.6 Å². The molecule has 2 rings (SSSR count). The number of nitrogens with one attached hydrogen (secondary N) is 1. The first-order valence-electron chi connectivity index (χ1n) is 5.99. The summed E-state index contributed by atoms with van der Waals surface area (Å²) < 4.78 is 50.3. The highest BCUT2D eigenvalue weighted by Gasteiger charge is 2.08. The lowest BCUT2D eigenvalue weighted by atomic mass is 10.3. The van der Waals surface area contributed by atoms with E-state index in [-0.39, 0.29) is 5.96 Å². The Morgan fingerprint density at radius 3 is 1.78 bits per heavy atom. The van der Waals surface area contributed by atoms with Crippen molar-refractivity contribution in [2.24, 2.45) is 10.7 Å². The van der Waals surface area contributed by atoms with E-state index in [0.717, 1.165) is 24.3 Å². The van der Waals surface area contributed by atoms with Crippen molar-refractivity contribution in [3.63, 3.8) is 0 Å². The van der Waals surface area contributed by atoms with E-state index >= 15 is 0 Å². The molecule has 0 aliphatic heterocycles. The van der Waals surface area contributed by atoms with Crippen LogP contribution >= 0.6 is 0 Å². The predicted molar refractivity (Wildman–Crippen MR) is 78.0 cm³/mol. The van der Waals surface area contributed by atoms with Gasteiger partial charge >= 0.3 is 0 Å². The number of hydrogen-bond acceptors (Lipinski definition) is 3.